The van der Waals surface area contributed by atoms with Crippen LogP contribution in [-0.4, -0.2) is 56.8 Å². The SMILES string of the molecule is COc1ccccc1CCC(=O)N1CCN(S(=O)(=O)c2ccc(F)c(F)c2)CC1. The van der Waals surface area contributed by atoms with Crippen molar-refractivity contribution in [3.05, 3.63) is 59.7 Å². The van der Waals surface area contributed by atoms with Gasteiger partial charge in [0.15, 0.2) is 11.6 Å². The van der Waals surface area contributed by atoms with E-state index in [1.165, 1.54) is 4.31 Å². The monoisotopic (exact) mass is 424 g/mol. The fourth-order valence-corrected chi connectivity index (χ4v) is 4.71. The lowest BCUT2D eigenvalue weighted by molar-refractivity contribution is -0.132. The predicted molar refractivity (Wildman–Crippen MR) is 103 cm³/mol. The number of para-hydroxylation sites is 1. The smallest absolute Gasteiger partial charge is 0.243 e. The molecule has 6 nitrogen and oxygen atoms in total. The molecule has 2 aromatic rings. The summed E-state index contributed by atoms with van der Waals surface area (Å²) in [7, 11) is -2.37. The van der Waals surface area contributed by atoms with Crippen molar-refractivity contribution in [1.82, 2.24) is 9.21 Å². The summed E-state index contributed by atoms with van der Waals surface area (Å²) in [6.07, 6.45) is 0.812. The number of piperazine rings is 1. The fraction of sp³-hybridized carbons (Fsp3) is 0.350. The van der Waals surface area contributed by atoms with Crippen LogP contribution >= 0.6 is 0 Å². The molecule has 1 amide bonds. The van der Waals surface area contributed by atoms with Gasteiger partial charge in [-0.1, -0.05) is 18.2 Å². The molecule has 1 heterocycles. The van der Waals surface area contributed by atoms with Gasteiger partial charge in [0.1, 0.15) is 5.75 Å². The number of nitrogens with zero attached hydrogens (tertiary/aromatic N) is 2. The van der Waals surface area contributed by atoms with Gasteiger partial charge in [-0.05, 0) is 36.2 Å². The molecule has 3 rings (SSSR count). The normalized spacial score (nSPS) is 15.3. The first-order valence-corrected chi connectivity index (χ1v) is 10.6. The zero-order chi connectivity index (χ0) is 21.0. The summed E-state index contributed by atoms with van der Waals surface area (Å²) in [5.41, 5.74) is 0.933. The van der Waals surface area contributed by atoms with Crippen molar-refractivity contribution in [2.24, 2.45) is 0 Å². The number of hydrogen-bond acceptors (Lipinski definition) is 4. The Kier molecular flexibility index (Phi) is 6.49. The maximum absolute atomic E-state index is 13.4. The first kappa shape index (κ1) is 21.2. The van der Waals surface area contributed by atoms with E-state index in [2.05, 4.69) is 0 Å². The van der Waals surface area contributed by atoms with Gasteiger partial charge in [-0.25, -0.2) is 17.2 Å². The second-order valence-electron chi connectivity index (χ2n) is 6.67. The number of rotatable bonds is 6. The van der Waals surface area contributed by atoms with Crippen LogP contribution in [-0.2, 0) is 21.2 Å². The largest absolute Gasteiger partial charge is 0.496 e. The molecule has 1 aliphatic rings. The van der Waals surface area contributed by atoms with E-state index in [1.807, 2.05) is 24.3 Å². The molecule has 0 atom stereocenters. The van der Waals surface area contributed by atoms with Crippen molar-refractivity contribution in [2.45, 2.75) is 17.7 Å². The molecule has 1 aliphatic heterocycles. The Morgan fingerprint density at radius 2 is 1.72 bits per heavy atom. The Bertz CT molecular complexity index is 990. The number of halogens is 2. The zero-order valence-electron chi connectivity index (χ0n) is 16.0. The summed E-state index contributed by atoms with van der Waals surface area (Å²) >= 11 is 0. The van der Waals surface area contributed by atoms with Crippen molar-refractivity contribution in [3.8, 4) is 5.75 Å². The molecule has 1 fully saturated rings. The molecular formula is C20H22F2N2O4S. The number of ether oxygens (including phenoxy) is 1. The highest BCUT2D eigenvalue weighted by molar-refractivity contribution is 7.89. The minimum atomic E-state index is -3.94. The van der Waals surface area contributed by atoms with E-state index >= 15 is 0 Å². The van der Waals surface area contributed by atoms with E-state index in [0.717, 1.165) is 23.4 Å². The van der Waals surface area contributed by atoms with Gasteiger partial charge in [-0.2, -0.15) is 4.31 Å². The molecule has 0 aromatic heterocycles. The van der Waals surface area contributed by atoms with Gasteiger partial charge in [0.05, 0.1) is 12.0 Å². The van der Waals surface area contributed by atoms with Gasteiger partial charge >= 0.3 is 0 Å². The number of carbonyl (C=O) groups excluding carboxylic acids is 1. The summed E-state index contributed by atoms with van der Waals surface area (Å²) < 4.78 is 58.2. The fourth-order valence-electron chi connectivity index (χ4n) is 3.27. The van der Waals surface area contributed by atoms with E-state index in [9.17, 15) is 22.0 Å². The number of amides is 1. The molecule has 0 aliphatic carbocycles. The van der Waals surface area contributed by atoms with E-state index in [0.29, 0.717) is 12.5 Å². The van der Waals surface area contributed by atoms with E-state index < -0.39 is 21.7 Å². The molecule has 0 N–H and O–H groups in total. The van der Waals surface area contributed by atoms with Crippen molar-refractivity contribution in [3.63, 3.8) is 0 Å². The molecule has 29 heavy (non-hydrogen) atoms. The summed E-state index contributed by atoms with van der Waals surface area (Å²) in [4.78, 5) is 13.8. The molecule has 0 unspecified atom stereocenters. The van der Waals surface area contributed by atoms with E-state index in [-0.39, 0.29) is 43.4 Å². The van der Waals surface area contributed by atoms with Gasteiger partial charge in [0, 0.05) is 32.6 Å². The Morgan fingerprint density at radius 1 is 1.03 bits per heavy atom. The van der Waals surface area contributed by atoms with Crippen LogP contribution in [0, 0.1) is 11.6 Å². The van der Waals surface area contributed by atoms with Crippen molar-refractivity contribution in [1.29, 1.82) is 0 Å². The van der Waals surface area contributed by atoms with E-state index in [4.69, 9.17) is 4.74 Å². The van der Waals surface area contributed by atoms with Gasteiger partial charge < -0.3 is 9.64 Å². The van der Waals surface area contributed by atoms with Gasteiger partial charge in [-0.15, -0.1) is 0 Å². The number of methoxy groups -OCH3 is 1. The van der Waals surface area contributed by atoms with Gasteiger partial charge in [0.2, 0.25) is 15.9 Å². The lowest BCUT2D eigenvalue weighted by atomic mass is 10.1. The highest BCUT2D eigenvalue weighted by atomic mass is 32.2. The third-order valence-electron chi connectivity index (χ3n) is 4.92. The molecule has 0 bridgehead atoms. The molecule has 0 spiro atoms. The molecule has 2 aromatic carbocycles. The van der Waals surface area contributed by atoms with Crippen LogP contribution in [0.2, 0.25) is 0 Å². The van der Waals surface area contributed by atoms with Crippen LogP contribution in [0.3, 0.4) is 0 Å². The highest BCUT2D eigenvalue weighted by Gasteiger charge is 2.30. The molecule has 0 radical (unpaired) electrons. The second kappa shape index (κ2) is 8.87. The first-order valence-electron chi connectivity index (χ1n) is 9.18. The first-order chi connectivity index (χ1) is 13.8. The number of hydrogen-bond donors (Lipinski definition) is 0. The van der Waals surface area contributed by atoms with Crippen LogP contribution in [0.25, 0.3) is 0 Å². The standard InChI is InChI=1S/C20H22F2N2O4S/c1-28-19-5-3-2-4-15(19)6-9-20(25)23-10-12-24(13-11-23)29(26,27)16-7-8-17(21)18(22)14-16/h2-5,7-8,14H,6,9-13H2,1H3. The van der Waals surface area contributed by atoms with Crippen LogP contribution in [0.15, 0.2) is 47.4 Å². The van der Waals surface area contributed by atoms with Gasteiger partial charge in [0.25, 0.3) is 0 Å². The topological polar surface area (TPSA) is 66.9 Å². The Balaban J connectivity index is 1.58. The molecule has 9 heteroatoms. The highest BCUT2D eigenvalue weighted by Crippen LogP contribution is 2.22. The number of sulfonamides is 1. The number of benzene rings is 2. The minimum Gasteiger partial charge on any atom is -0.496 e. The van der Waals surface area contributed by atoms with Crippen molar-refractivity contribution < 1.29 is 26.7 Å². The number of carbonyl (C=O) groups is 1. The van der Waals surface area contributed by atoms with Crippen LogP contribution < -0.4 is 4.74 Å². The Labute approximate surface area is 168 Å². The molecular weight excluding hydrogens is 402 g/mol. The van der Waals surface area contributed by atoms with Crippen LogP contribution in [0.1, 0.15) is 12.0 Å². The summed E-state index contributed by atoms with van der Waals surface area (Å²) in [6, 6.07) is 9.98. The Hall–Kier alpha value is -2.52. The third kappa shape index (κ3) is 4.73. The maximum Gasteiger partial charge on any atom is 0.243 e. The van der Waals surface area contributed by atoms with Crippen LogP contribution in [0.5, 0.6) is 5.75 Å². The zero-order valence-corrected chi connectivity index (χ0v) is 16.8. The van der Waals surface area contributed by atoms with Gasteiger partial charge in [-0.3, -0.25) is 4.79 Å². The summed E-state index contributed by atoms with van der Waals surface area (Å²) in [5, 5.41) is 0. The van der Waals surface area contributed by atoms with Crippen molar-refractivity contribution in [2.75, 3.05) is 33.3 Å². The third-order valence-corrected chi connectivity index (χ3v) is 6.82. The average molecular weight is 424 g/mol. The van der Waals surface area contributed by atoms with E-state index in [1.54, 1.807) is 12.0 Å². The molecule has 1 saturated heterocycles. The average Bonchev–Trinajstić information content (AvgIpc) is 2.74. The Morgan fingerprint density at radius 3 is 2.38 bits per heavy atom. The lowest BCUT2D eigenvalue weighted by Crippen LogP contribution is -2.50. The summed E-state index contributed by atoms with van der Waals surface area (Å²) in [6.45, 7) is 0.685. The lowest BCUT2D eigenvalue weighted by Gasteiger charge is -2.34. The predicted octanol–water partition coefficient (Wildman–Crippen LogP) is 2.44. The second-order valence-corrected chi connectivity index (χ2v) is 8.61. The summed E-state index contributed by atoms with van der Waals surface area (Å²) in [5.74, 6) is -1.66. The van der Waals surface area contributed by atoms with Crippen molar-refractivity contribution >= 4 is 15.9 Å². The molecule has 0 saturated carbocycles. The minimum absolute atomic E-state index is 0.0687. The number of aryl methyl sites for hydroxylation is 1. The maximum atomic E-state index is 13.4. The van der Waals surface area contributed by atoms with Crippen LogP contribution in [0.4, 0.5) is 8.78 Å². The molecule has 156 valence electrons. The quantitative estimate of drug-likeness (QED) is 0.715.